The summed E-state index contributed by atoms with van der Waals surface area (Å²) in [6.45, 7) is 2.77. The lowest BCUT2D eigenvalue weighted by Crippen LogP contribution is -2.30. The molecule has 3 aromatic rings. The van der Waals surface area contributed by atoms with Crippen molar-refractivity contribution >= 4 is 11.6 Å². The average molecular weight is 347 g/mol. The Balaban J connectivity index is 1.41. The topological polar surface area (TPSA) is 56.1 Å². The largest absolute Gasteiger partial charge is 0.481 e. The fourth-order valence-corrected chi connectivity index (χ4v) is 3.21. The number of hydrogen-bond donors (Lipinski definition) is 1. The van der Waals surface area contributed by atoms with Crippen LogP contribution in [0.4, 0.5) is 5.69 Å². The van der Waals surface area contributed by atoms with Crippen molar-refractivity contribution in [2.24, 2.45) is 0 Å². The van der Waals surface area contributed by atoms with Crippen LogP contribution >= 0.6 is 0 Å². The molecule has 1 N–H and O–H groups in total. The molecule has 0 saturated heterocycles. The number of nitrogens with one attached hydrogen (secondary N) is 1. The van der Waals surface area contributed by atoms with Gasteiger partial charge in [0.05, 0.1) is 11.9 Å². The third kappa shape index (κ3) is 3.33. The lowest BCUT2D eigenvalue weighted by molar-refractivity contribution is -0.122. The van der Waals surface area contributed by atoms with Crippen molar-refractivity contribution in [3.63, 3.8) is 0 Å². The van der Waals surface area contributed by atoms with E-state index in [1.54, 1.807) is 6.92 Å². The molecule has 1 atom stereocenters. The van der Waals surface area contributed by atoms with Crippen LogP contribution in [-0.2, 0) is 17.8 Å². The number of benzene rings is 2. The van der Waals surface area contributed by atoms with Gasteiger partial charge in [-0.2, -0.15) is 0 Å². The Hall–Kier alpha value is -3.08. The molecular formula is C21H21N3O2. The number of para-hydroxylation sites is 1. The van der Waals surface area contributed by atoms with E-state index in [1.165, 1.54) is 0 Å². The van der Waals surface area contributed by atoms with E-state index in [0.29, 0.717) is 5.75 Å². The number of amides is 1. The maximum Gasteiger partial charge on any atom is 0.265 e. The highest BCUT2D eigenvalue weighted by Gasteiger charge is 2.17. The zero-order valence-corrected chi connectivity index (χ0v) is 14.7. The van der Waals surface area contributed by atoms with E-state index in [2.05, 4.69) is 14.9 Å². The van der Waals surface area contributed by atoms with E-state index in [4.69, 9.17) is 4.74 Å². The molecule has 0 aliphatic carbocycles. The number of nitrogens with zero attached hydrogens (tertiary/aromatic N) is 2. The number of carbonyl (C=O) groups is 1. The average Bonchev–Trinajstić information content (AvgIpc) is 3.27. The minimum absolute atomic E-state index is 0.174. The van der Waals surface area contributed by atoms with Crippen LogP contribution < -0.4 is 10.1 Å². The van der Waals surface area contributed by atoms with Crippen molar-refractivity contribution in [1.29, 1.82) is 0 Å². The number of rotatable bonds is 5. The van der Waals surface area contributed by atoms with Gasteiger partial charge in [-0.05, 0) is 43.2 Å². The Labute approximate surface area is 152 Å². The van der Waals surface area contributed by atoms with Gasteiger partial charge in [-0.3, -0.25) is 4.79 Å². The van der Waals surface area contributed by atoms with Gasteiger partial charge in [0.1, 0.15) is 11.6 Å². The summed E-state index contributed by atoms with van der Waals surface area (Å²) in [5.74, 6) is 1.66. The smallest absolute Gasteiger partial charge is 0.265 e. The van der Waals surface area contributed by atoms with Crippen LogP contribution in [0.2, 0.25) is 0 Å². The van der Waals surface area contributed by atoms with Gasteiger partial charge < -0.3 is 14.6 Å². The lowest BCUT2D eigenvalue weighted by Gasteiger charge is -2.15. The fourth-order valence-electron chi connectivity index (χ4n) is 3.21. The summed E-state index contributed by atoms with van der Waals surface area (Å²) in [7, 11) is 0. The van der Waals surface area contributed by atoms with Gasteiger partial charge in [-0.1, -0.05) is 30.3 Å². The first kappa shape index (κ1) is 16.4. The minimum Gasteiger partial charge on any atom is -0.481 e. The highest BCUT2D eigenvalue weighted by Crippen LogP contribution is 2.26. The summed E-state index contributed by atoms with van der Waals surface area (Å²) in [6.07, 6.45) is 3.56. The first-order valence-corrected chi connectivity index (χ1v) is 8.88. The monoisotopic (exact) mass is 347 g/mol. The number of aromatic nitrogens is 2. The van der Waals surface area contributed by atoms with Gasteiger partial charge in [0.15, 0.2) is 6.10 Å². The number of aryl methyl sites for hydroxylation is 1. The van der Waals surface area contributed by atoms with Crippen molar-refractivity contribution in [3.05, 3.63) is 66.6 Å². The molecule has 0 saturated carbocycles. The molecule has 0 bridgehead atoms. The minimum atomic E-state index is -0.574. The lowest BCUT2D eigenvalue weighted by atomic mass is 10.1. The van der Waals surface area contributed by atoms with Crippen molar-refractivity contribution in [1.82, 2.24) is 9.55 Å². The molecule has 26 heavy (non-hydrogen) atoms. The van der Waals surface area contributed by atoms with E-state index in [0.717, 1.165) is 42.2 Å². The van der Waals surface area contributed by atoms with Crippen LogP contribution in [0.5, 0.6) is 5.75 Å². The Kier molecular flexibility index (Phi) is 4.44. The molecule has 1 aromatic heterocycles. The molecule has 2 aromatic carbocycles. The Morgan fingerprint density at radius 2 is 1.92 bits per heavy atom. The Morgan fingerprint density at radius 1 is 1.15 bits per heavy atom. The first-order chi connectivity index (χ1) is 12.7. The molecule has 5 heteroatoms. The SMILES string of the molecule is C[C@@H](Oc1ccccc1)C(=O)Nc1ccc(-c2cnc3n2CCC3)cc1. The van der Waals surface area contributed by atoms with Crippen molar-refractivity contribution in [2.45, 2.75) is 32.4 Å². The molecule has 132 valence electrons. The molecule has 5 nitrogen and oxygen atoms in total. The zero-order chi connectivity index (χ0) is 17.9. The highest BCUT2D eigenvalue weighted by molar-refractivity contribution is 5.94. The van der Waals surface area contributed by atoms with E-state index in [9.17, 15) is 4.79 Å². The molecular weight excluding hydrogens is 326 g/mol. The third-order valence-electron chi connectivity index (χ3n) is 4.59. The number of anilines is 1. The quantitative estimate of drug-likeness (QED) is 0.761. The van der Waals surface area contributed by atoms with Crippen LogP contribution in [0.1, 0.15) is 19.2 Å². The summed E-state index contributed by atoms with van der Waals surface area (Å²) >= 11 is 0. The van der Waals surface area contributed by atoms with Gasteiger partial charge in [0, 0.05) is 18.7 Å². The van der Waals surface area contributed by atoms with Gasteiger partial charge in [0.25, 0.3) is 5.91 Å². The number of carbonyl (C=O) groups excluding carboxylic acids is 1. The zero-order valence-electron chi connectivity index (χ0n) is 14.7. The molecule has 0 spiro atoms. The molecule has 1 aliphatic heterocycles. The van der Waals surface area contributed by atoms with Gasteiger partial charge in [-0.15, -0.1) is 0 Å². The predicted octanol–water partition coefficient (Wildman–Crippen LogP) is 3.90. The van der Waals surface area contributed by atoms with Gasteiger partial charge in [0.2, 0.25) is 0 Å². The third-order valence-corrected chi connectivity index (χ3v) is 4.59. The number of ether oxygens (including phenoxy) is 1. The van der Waals surface area contributed by atoms with E-state index in [-0.39, 0.29) is 5.91 Å². The fraction of sp³-hybridized carbons (Fsp3) is 0.238. The van der Waals surface area contributed by atoms with Crippen molar-refractivity contribution in [2.75, 3.05) is 5.32 Å². The Morgan fingerprint density at radius 3 is 2.69 bits per heavy atom. The van der Waals surface area contributed by atoms with Crippen LogP contribution in [0.3, 0.4) is 0 Å². The predicted molar refractivity (Wildman–Crippen MR) is 101 cm³/mol. The maximum absolute atomic E-state index is 12.3. The molecule has 0 unspecified atom stereocenters. The van der Waals surface area contributed by atoms with E-state index < -0.39 is 6.10 Å². The van der Waals surface area contributed by atoms with E-state index in [1.807, 2.05) is 60.8 Å². The molecule has 4 rings (SSSR count). The van der Waals surface area contributed by atoms with Crippen LogP contribution in [-0.4, -0.2) is 21.6 Å². The molecule has 1 aliphatic rings. The molecule has 1 amide bonds. The summed E-state index contributed by atoms with van der Waals surface area (Å²) in [5.41, 5.74) is 3.00. The van der Waals surface area contributed by atoms with Gasteiger partial charge >= 0.3 is 0 Å². The summed E-state index contributed by atoms with van der Waals surface area (Å²) in [4.78, 5) is 16.8. The number of imidazole rings is 1. The number of hydrogen-bond acceptors (Lipinski definition) is 3. The standard InChI is InChI=1S/C21H21N3O2/c1-15(26-18-6-3-2-4-7-18)21(25)23-17-11-9-16(10-12-17)19-14-22-20-8-5-13-24(19)20/h2-4,6-7,9-12,14-15H,5,8,13H2,1H3,(H,23,25)/t15-/m1/s1. The molecule has 0 radical (unpaired) electrons. The number of fused-ring (bicyclic) bond motifs is 1. The molecule has 2 heterocycles. The maximum atomic E-state index is 12.3. The van der Waals surface area contributed by atoms with E-state index >= 15 is 0 Å². The summed E-state index contributed by atoms with van der Waals surface area (Å²) in [5, 5.41) is 2.90. The second-order valence-corrected chi connectivity index (χ2v) is 6.45. The van der Waals surface area contributed by atoms with Crippen LogP contribution in [0, 0.1) is 0 Å². The summed E-state index contributed by atoms with van der Waals surface area (Å²) < 4.78 is 7.92. The van der Waals surface area contributed by atoms with Crippen LogP contribution in [0.15, 0.2) is 60.8 Å². The second kappa shape index (κ2) is 7.04. The highest BCUT2D eigenvalue weighted by atomic mass is 16.5. The van der Waals surface area contributed by atoms with Gasteiger partial charge in [-0.25, -0.2) is 4.98 Å². The van der Waals surface area contributed by atoms with Crippen molar-refractivity contribution < 1.29 is 9.53 Å². The Bertz CT molecular complexity index is 901. The summed E-state index contributed by atoms with van der Waals surface area (Å²) in [6, 6.07) is 17.2. The van der Waals surface area contributed by atoms with Crippen LogP contribution in [0.25, 0.3) is 11.3 Å². The normalized spacial score (nSPS) is 13.9. The molecule has 0 fully saturated rings. The van der Waals surface area contributed by atoms with Crippen molar-refractivity contribution in [3.8, 4) is 17.0 Å². The second-order valence-electron chi connectivity index (χ2n) is 6.45. The first-order valence-electron chi connectivity index (χ1n) is 8.88.